The maximum Gasteiger partial charge on any atom is 0.332 e. The molecule has 0 heterocycles. The van der Waals surface area contributed by atoms with Crippen LogP contribution >= 0.6 is 0 Å². The molecule has 96 valence electrons. The number of carbonyl (C=O) groups excluding carboxylic acids is 2. The molecule has 4 nitrogen and oxygen atoms in total. The third-order valence-electron chi connectivity index (χ3n) is 2.18. The zero-order valence-corrected chi connectivity index (χ0v) is 10.6. The SMILES string of the molecule is CCOC(=O)[C@@H](/C=C/c1ccccc1)NC(C)=O. The highest BCUT2D eigenvalue weighted by atomic mass is 16.5. The minimum absolute atomic E-state index is 0.272. The van der Waals surface area contributed by atoms with Gasteiger partial charge in [-0.15, -0.1) is 0 Å². The van der Waals surface area contributed by atoms with Gasteiger partial charge in [-0.2, -0.15) is 0 Å². The summed E-state index contributed by atoms with van der Waals surface area (Å²) in [4.78, 5) is 22.6. The molecule has 0 unspecified atom stereocenters. The highest BCUT2D eigenvalue weighted by Crippen LogP contribution is 2.03. The van der Waals surface area contributed by atoms with Gasteiger partial charge in [-0.05, 0) is 12.5 Å². The molecule has 1 rings (SSSR count). The largest absolute Gasteiger partial charge is 0.464 e. The van der Waals surface area contributed by atoms with Crippen molar-refractivity contribution < 1.29 is 14.3 Å². The molecule has 1 N–H and O–H groups in total. The molecule has 1 atom stereocenters. The molecule has 1 aromatic carbocycles. The van der Waals surface area contributed by atoms with Crippen LogP contribution in [0, 0.1) is 0 Å². The van der Waals surface area contributed by atoms with Crippen LogP contribution in [-0.2, 0) is 14.3 Å². The molecule has 1 aromatic rings. The smallest absolute Gasteiger partial charge is 0.332 e. The summed E-state index contributed by atoms with van der Waals surface area (Å²) >= 11 is 0. The van der Waals surface area contributed by atoms with E-state index in [0.29, 0.717) is 0 Å². The molecule has 0 radical (unpaired) electrons. The number of nitrogens with one attached hydrogen (secondary N) is 1. The minimum Gasteiger partial charge on any atom is -0.464 e. The summed E-state index contributed by atoms with van der Waals surface area (Å²) < 4.78 is 4.89. The van der Waals surface area contributed by atoms with Gasteiger partial charge in [0.05, 0.1) is 6.61 Å². The van der Waals surface area contributed by atoms with E-state index in [0.717, 1.165) is 5.56 Å². The summed E-state index contributed by atoms with van der Waals surface area (Å²) in [5.74, 6) is -0.731. The van der Waals surface area contributed by atoms with Crippen LogP contribution in [0.4, 0.5) is 0 Å². The molecule has 0 aliphatic rings. The fourth-order valence-corrected chi connectivity index (χ4v) is 1.41. The van der Waals surface area contributed by atoms with Crippen molar-refractivity contribution in [1.82, 2.24) is 5.32 Å². The molecule has 1 amide bonds. The van der Waals surface area contributed by atoms with Gasteiger partial charge in [0.15, 0.2) is 0 Å². The zero-order valence-electron chi connectivity index (χ0n) is 10.6. The predicted molar refractivity (Wildman–Crippen MR) is 69.7 cm³/mol. The molecule has 0 fully saturated rings. The molecule has 0 aliphatic carbocycles. The number of ether oxygens (including phenoxy) is 1. The van der Waals surface area contributed by atoms with Crippen LogP contribution in [0.5, 0.6) is 0 Å². The van der Waals surface area contributed by atoms with Crippen molar-refractivity contribution in [3.8, 4) is 0 Å². The van der Waals surface area contributed by atoms with E-state index >= 15 is 0 Å². The van der Waals surface area contributed by atoms with Crippen molar-refractivity contribution in [2.24, 2.45) is 0 Å². The zero-order chi connectivity index (χ0) is 13.4. The second-order valence-corrected chi connectivity index (χ2v) is 3.70. The lowest BCUT2D eigenvalue weighted by Crippen LogP contribution is -2.39. The maximum absolute atomic E-state index is 11.6. The van der Waals surface area contributed by atoms with Gasteiger partial charge < -0.3 is 10.1 Å². The van der Waals surface area contributed by atoms with E-state index in [1.165, 1.54) is 6.92 Å². The number of carbonyl (C=O) groups is 2. The van der Waals surface area contributed by atoms with Gasteiger partial charge >= 0.3 is 5.97 Å². The second kappa shape index (κ2) is 7.27. The van der Waals surface area contributed by atoms with Gasteiger partial charge in [0.1, 0.15) is 6.04 Å². The molecule has 0 saturated carbocycles. The summed E-state index contributed by atoms with van der Waals surface area (Å²) in [6.07, 6.45) is 3.40. The molecule has 0 aliphatic heterocycles. The number of rotatable bonds is 5. The standard InChI is InChI=1S/C14H17NO3/c1-3-18-14(17)13(15-11(2)16)10-9-12-7-5-4-6-8-12/h4-10,13H,3H2,1-2H3,(H,15,16)/b10-9+/t13-/m1/s1. The molecule has 0 spiro atoms. The lowest BCUT2D eigenvalue weighted by molar-refractivity contribution is -0.145. The Kier molecular flexibility index (Phi) is 5.64. The Morgan fingerprint density at radius 1 is 1.33 bits per heavy atom. The summed E-state index contributed by atoms with van der Waals surface area (Å²) in [5, 5.41) is 2.53. The Morgan fingerprint density at radius 2 is 2.00 bits per heavy atom. The lowest BCUT2D eigenvalue weighted by Gasteiger charge is -2.12. The summed E-state index contributed by atoms with van der Waals surface area (Å²) in [6.45, 7) is 3.38. The van der Waals surface area contributed by atoms with Gasteiger partial charge in [0.2, 0.25) is 5.91 Å². The first kappa shape index (κ1) is 14.0. The predicted octanol–water partition coefficient (Wildman–Crippen LogP) is 1.77. The van der Waals surface area contributed by atoms with Crippen molar-refractivity contribution in [2.45, 2.75) is 19.9 Å². The molecular weight excluding hydrogens is 230 g/mol. The normalized spacial score (nSPS) is 12.1. The Bertz CT molecular complexity index is 426. The van der Waals surface area contributed by atoms with Gasteiger partial charge in [0, 0.05) is 6.92 Å². The number of amides is 1. The number of esters is 1. The monoisotopic (exact) mass is 247 g/mol. The fraction of sp³-hybridized carbons (Fsp3) is 0.286. The average molecular weight is 247 g/mol. The van der Waals surface area contributed by atoms with Crippen LogP contribution in [0.3, 0.4) is 0 Å². The Balaban J connectivity index is 2.74. The van der Waals surface area contributed by atoms with E-state index < -0.39 is 12.0 Å². The van der Waals surface area contributed by atoms with Crippen molar-refractivity contribution in [3.63, 3.8) is 0 Å². The molecule has 0 aromatic heterocycles. The van der Waals surface area contributed by atoms with Gasteiger partial charge in [-0.1, -0.05) is 42.5 Å². The second-order valence-electron chi connectivity index (χ2n) is 3.70. The van der Waals surface area contributed by atoms with Crippen molar-refractivity contribution in [3.05, 3.63) is 42.0 Å². The third-order valence-corrected chi connectivity index (χ3v) is 2.18. The number of hydrogen-bond acceptors (Lipinski definition) is 3. The van der Waals surface area contributed by atoms with E-state index in [1.807, 2.05) is 30.3 Å². The quantitative estimate of drug-likeness (QED) is 0.807. The van der Waals surface area contributed by atoms with E-state index in [2.05, 4.69) is 5.32 Å². The molecule has 18 heavy (non-hydrogen) atoms. The van der Waals surface area contributed by atoms with Crippen LogP contribution in [0.2, 0.25) is 0 Å². The molecule has 0 bridgehead atoms. The van der Waals surface area contributed by atoms with Crippen molar-refractivity contribution in [2.75, 3.05) is 6.61 Å². The fourth-order valence-electron chi connectivity index (χ4n) is 1.41. The number of hydrogen-bond donors (Lipinski definition) is 1. The highest BCUT2D eigenvalue weighted by Gasteiger charge is 2.16. The first-order chi connectivity index (χ1) is 8.63. The summed E-state index contributed by atoms with van der Waals surface area (Å²) in [5.41, 5.74) is 0.956. The first-order valence-corrected chi connectivity index (χ1v) is 5.80. The third kappa shape index (κ3) is 4.82. The van der Waals surface area contributed by atoms with Gasteiger partial charge in [0.25, 0.3) is 0 Å². The van der Waals surface area contributed by atoms with E-state index in [1.54, 1.807) is 19.1 Å². The van der Waals surface area contributed by atoms with E-state index in [9.17, 15) is 9.59 Å². The Hall–Kier alpha value is -2.10. The summed E-state index contributed by atoms with van der Waals surface area (Å²) in [6, 6.07) is 8.78. The van der Waals surface area contributed by atoms with Gasteiger partial charge in [-0.25, -0.2) is 4.79 Å². The van der Waals surface area contributed by atoms with Crippen molar-refractivity contribution in [1.29, 1.82) is 0 Å². The minimum atomic E-state index is -0.748. The van der Waals surface area contributed by atoms with Gasteiger partial charge in [-0.3, -0.25) is 4.79 Å². The molecule has 0 saturated heterocycles. The average Bonchev–Trinajstić information content (AvgIpc) is 2.35. The van der Waals surface area contributed by atoms with Crippen LogP contribution < -0.4 is 5.32 Å². The molecular formula is C14H17NO3. The van der Waals surface area contributed by atoms with E-state index in [-0.39, 0.29) is 12.5 Å². The van der Waals surface area contributed by atoms with Crippen LogP contribution in [-0.4, -0.2) is 24.5 Å². The first-order valence-electron chi connectivity index (χ1n) is 5.80. The molecule has 4 heteroatoms. The summed E-state index contributed by atoms with van der Waals surface area (Å²) in [7, 11) is 0. The van der Waals surface area contributed by atoms with Crippen molar-refractivity contribution >= 4 is 18.0 Å². The topological polar surface area (TPSA) is 55.4 Å². The van der Waals surface area contributed by atoms with Crippen LogP contribution in [0.15, 0.2) is 36.4 Å². The Morgan fingerprint density at radius 3 is 2.56 bits per heavy atom. The van der Waals surface area contributed by atoms with Crippen LogP contribution in [0.25, 0.3) is 6.08 Å². The number of benzene rings is 1. The Labute approximate surface area is 107 Å². The highest BCUT2D eigenvalue weighted by molar-refractivity contribution is 5.85. The van der Waals surface area contributed by atoms with Crippen LogP contribution in [0.1, 0.15) is 19.4 Å². The lowest BCUT2D eigenvalue weighted by atomic mass is 10.1. The maximum atomic E-state index is 11.6. The van der Waals surface area contributed by atoms with E-state index in [4.69, 9.17) is 4.74 Å².